The molecule has 1 unspecified atom stereocenters. The predicted octanol–water partition coefficient (Wildman–Crippen LogP) is 2.17. The van der Waals surface area contributed by atoms with E-state index in [2.05, 4.69) is 4.72 Å². The van der Waals surface area contributed by atoms with E-state index in [1.807, 2.05) is 0 Å². The molecule has 5 nitrogen and oxygen atoms in total. The smallest absolute Gasteiger partial charge is 0.307 e. The molecule has 1 aromatic carbocycles. The largest absolute Gasteiger partial charge is 0.481 e. The number of carboxylic acid groups (broad SMARTS) is 1. The highest BCUT2D eigenvalue weighted by atomic mass is 32.2. The van der Waals surface area contributed by atoms with Crippen LogP contribution in [0.1, 0.15) is 31.7 Å². The molecular weight excluding hydrogens is 316 g/mol. The number of alkyl halides is 2. The van der Waals surface area contributed by atoms with Crippen molar-refractivity contribution in [2.24, 2.45) is 0 Å². The van der Waals surface area contributed by atoms with Crippen molar-refractivity contribution in [2.75, 3.05) is 0 Å². The maximum atomic E-state index is 13.9. The first-order valence-electron chi connectivity index (χ1n) is 6.78. The first-order valence-corrected chi connectivity index (χ1v) is 8.27. The number of hydrogen-bond acceptors (Lipinski definition) is 3. The molecule has 2 N–H and O–H groups in total. The summed E-state index contributed by atoms with van der Waals surface area (Å²) < 4.78 is 54.3. The summed E-state index contributed by atoms with van der Waals surface area (Å²) in [6.45, 7) is 1.20. The minimum atomic E-state index is -4.10. The number of carbonyl (C=O) groups is 1. The van der Waals surface area contributed by atoms with Crippen LogP contribution in [-0.2, 0) is 21.2 Å². The third-order valence-electron chi connectivity index (χ3n) is 3.92. The van der Waals surface area contributed by atoms with Gasteiger partial charge in [-0.2, -0.15) is 4.72 Å². The van der Waals surface area contributed by atoms with Crippen LogP contribution in [0, 0.1) is 0 Å². The predicted molar refractivity (Wildman–Crippen MR) is 75.3 cm³/mol. The standard InChI is InChI=1S/C14H17F2NO4S/c1-13(7-2-8-14(13,15)16)17-22(20,21)11-5-3-10(4-6-11)9-12(18)19/h3-6,17H,2,7-9H2,1H3,(H,18,19). The van der Waals surface area contributed by atoms with Crippen LogP contribution in [-0.4, -0.2) is 31.0 Å². The first-order chi connectivity index (χ1) is 10.1. The van der Waals surface area contributed by atoms with Crippen LogP contribution >= 0.6 is 0 Å². The molecule has 0 spiro atoms. The summed E-state index contributed by atoms with van der Waals surface area (Å²) in [6, 6.07) is 5.16. The monoisotopic (exact) mass is 333 g/mol. The fourth-order valence-corrected chi connectivity index (χ4v) is 4.02. The average Bonchev–Trinajstić information content (AvgIpc) is 2.62. The van der Waals surface area contributed by atoms with Crippen molar-refractivity contribution in [3.05, 3.63) is 29.8 Å². The lowest BCUT2D eigenvalue weighted by Gasteiger charge is -2.31. The molecule has 122 valence electrons. The Balaban J connectivity index is 2.22. The van der Waals surface area contributed by atoms with E-state index in [1.165, 1.54) is 31.2 Å². The van der Waals surface area contributed by atoms with Gasteiger partial charge in [0.15, 0.2) is 0 Å². The Morgan fingerprint density at radius 3 is 2.32 bits per heavy atom. The zero-order valence-electron chi connectivity index (χ0n) is 12.0. The summed E-state index contributed by atoms with van der Waals surface area (Å²) in [5.41, 5.74) is -1.37. The zero-order valence-corrected chi connectivity index (χ0v) is 12.8. The van der Waals surface area contributed by atoms with Gasteiger partial charge in [-0.25, -0.2) is 17.2 Å². The minimum absolute atomic E-state index is 0.0658. The molecule has 1 fully saturated rings. The number of halogens is 2. The summed E-state index contributed by atoms with van der Waals surface area (Å²) in [7, 11) is -4.10. The quantitative estimate of drug-likeness (QED) is 0.865. The van der Waals surface area contributed by atoms with Gasteiger partial charge < -0.3 is 5.11 Å². The van der Waals surface area contributed by atoms with E-state index < -0.39 is 27.5 Å². The fourth-order valence-electron chi connectivity index (χ4n) is 2.56. The maximum absolute atomic E-state index is 13.9. The number of hydrogen-bond donors (Lipinski definition) is 2. The van der Waals surface area contributed by atoms with Crippen LogP contribution in [0.4, 0.5) is 8.78 Å². The second kappa shape index (κ2) is 5.58. The summed E-state index contributed by atoms with van der Waals surface area (Å²) in [5.74, 6) is -4.13. The van der Waals surface area contributed by atoms with E-state index in [4.69, 9.17) is 5.11 Å². The number of sulfonamides is 1. The molecule has 2 rings (SSSR count). The number of rotatable bonds is 5. The number of nitrogens with one attached hydrogen (secondary N) is 1. The SMILES string of the molecule is CC1(NS(=O)(=O)c2ccc(CC(=O)O)cc2)CCCC1(F)F. The van der Waals surface area contributed by atoms with Crippen molar-refractivity contribution < 1.29 is 27.1 Å². The lowest BCUT2D eigenvalue weighted by molar-refractivity contribution is -0.136. The topological polar surface area (TPSA) is 83.5 Å². The van der Waals surface area contributed by atoms with Gasteiger partial charge in [-0.1, -0.05) is 12.1 Å². The van der Waals surface area contributed by atoms with Crippen LogP contribution in [0.3, 0.4) is 0 Å². The zero-order chi connectivity index (χ0) is 16.6. The van der Waals surface area contributed by atoms with Crippen molar-refractivity contribution >= 4 is 16.0 Å². The summed E-state index contributed by atoms with van der Waals surface area (Å²) in [6.07, 6.45) is -0.257. The average molecular weight is 333 g/mol. The Hall–Kier alpha value is -1.54. The molecule has 1 aliphatic carbocycles. The highest BCUT2D eigenvalue weighted by Crippen LogP contribution is 2.44. The second-order valence-electron chi connectivity index (χ2n) is 5.71. The van der Waals surface area contributed by atoms with Crippen molar-refractivity contribution in [3.8, 4) is 0 Å². The third-order valence-corrected chi connectivity index (χ3v) is 5.54. The molecular formula is C14H17F2NO4S. The van der Waals surface area contributed by atoms with Gasteiger partial charge in [0, 0.05) is 6.42 Å². The molecule has 0 amide bonds. The maximum Gasteiger partial charge on any atom is 0.307 e. The molecule has 1 atom stereocenters. The highest BCUT2D eigenvalue weighted by molar-refractivity contribution is 7.89. The third kappa shape index (κ3) is 3.27. The molecule has 0 heterocycles. The normalized spacial score (nSPS) is 24.3. The summed E-state index contributed by atoms with van der Waals surface area (Å²) in [5, 5.41) is 8.66. The van der Waals surface area contributed by atoms with Crippen molar-refractivity contribution in [1.82, 2.24) is 4.72 Å². The molecule has 0 aromatic heterocycles. The Bertz CT molecular complexity index is 673. The van der Waals surface area contributed by atoms with Gasteiger partial charge in [-0.05, 0) is 37.5 Å². The molecule has 1 aromatic rings. The van der Waals surface area contributed by atoms with Gasteiger partial charge >= 0.3 is 5.97 Å². The second-order valence-corrected chi connectivity index (χ2v) is 7.39. The van der Waals surface area contributed by atoms with Crippen molar-refractivity contribution in [2.45, 2.75) is 49.0 Å². The molecule has 1 aliphatic rings. The Morgan fingerprint density at radius 1 is 1.27 bits per heavy atom. The summed E-state index contributed by atoms with van der Waals surface area (Å²) >= 11 is 0. The molecule has 0 aliphatic heterocycles. The number of aliphatic carboxylic acids is 1. The van der Waals surface area contributed by atoms with Gasteiger partial charge in [-0.3, -0.25) is 4.79 Å². The van der Waals surface area contributed by atoms with E-state index in [1.54, 1.807) is 0 Å². The van der Waals surface area contributed by atoms with Crippen LogP contribution in [0.15, 0.2) is 29.2 Å². The van der Waals surface area contributed by atoms with Gasteiger partial charge in [-0.15, -0.1) is 0 Å². The molecule has 0 radical (unpaired) electrons. The van der Waals surface area contributed by atoms with Crippen LogP contribution in [0.2, 0.25) is 0 Å². The van der Waals surface area contributed by atoms with Gasteiger partial charge in [0.05, 0.1) is 16.9 Å². The van der Waals surface area contributed by atoms with Crippen molar-refractivity contribution in [1.29, 1.82) is 0 Å². The van der Waals surface area contributed by atoms with E-state index in [-0.39, 0.29) is 30.6 Å². The Labute approximate surface area is 127 Å². The Morgan fingerprint density at radius 2 is 1.86 bits per heavy atom. The van der Waals surface area contributed by atoms with Crippen LogP contribution in [0.5, 0.6) is 0 Å². The first kappa shape index (κ1) is 16.8. The molecule has 0 saturated heterocycles. The number of benzene rings is 1. The van der Waals surface area contributed by atoms with Gasteiger partial charge in [0.25, 0.3) is 5.92 Å². The Kier molecular flexibility index (Phi) is 4.27. The van der Waals surface area contributed by atoms with Gasteiger partial charge in [0.1, 0.15) is 0 Å². The van der Waals surface area contributed by atoms with Gasteiger partial charge in [0.2, 0.25) is 10.0 Å². The molecule has 0 bridgehead atoms. The van der Waals surface area contributed by atoms with Crippen LogP contribution in [0.25, 0.3) is 0 Å². The fraction of sp³-hybridized carbons (Fsp3) is 0.500. The molecule has 1 saturated carbocycles. The van der Waals surface area contributed by atoms with E-state index in [9.17, 15) is 22.0 Å². The minimum Gasteiger partial charge on any atom is -0.481 e. The highest BCUT2D eigenvalue weighted by Gasteiger charge is 2.55. The van der Waals surface area contributed by atoms with E-state index >= 15 is 0 Å². The summed E-state index contributed by atoms with van der Waals surface area (Å²) in [4.78, 5) is 10.4. The lowest BCUT2D eigenvalue weighted by Crippen LogP contribution is -2.54. The molecule has 8 heteroatoms. The van der Waals surface area contributed by atoms with E-state index in [0.29, 0.717) is 5.56 Å². The van der Waals surface area contributed by atoms with Crippen molar-refractivity contribution in [3.63, 3.8) is 0 Å². The number of carboxylic acids is 1. The lowest BCUT2D eigenvalue weighted by atomic mass is 9.99. The van der Waals surface area contributed by atoms with E-state index in [0.717, 1.165) is 0 Å². The molecule has 22 heavy (non-hydrogen) atoms. The van der Waals surface area contributed by atoms with Crippen LogP contribution < -0.4 is 4.72 Å².